The number of amides is 1. The molecule has 5 heteroatoms. The van der Waals surface area contributed by atoms with Crippen LogP contribution in [0, 0.1) is 0 Å². The minimum atomic E-state index is -0.0722. The van der Waals surface area contributed by atoms with Gasteiger partial charge in [-0.05, 0) is 53.2 Å². The van der Waals surface area contributed by atoms with Gasteiger partial charge in [-0.15, -0.1) is 0 Å². The molecule has 0 aliphatic rings. The van der Waals surface area contributed by atoms with Gasteiger partial charge in [-0.3, -0.25) is 9.78 Å². The van der Waals surface area contributed by atoms with Crippen LogP contribution in [0.1, 0.15) is 17.3 Å². The highest BCUT2D eigenvalue weighted by molar-refractivity contribution is 9.10. The van der Waals surface area contributed by atoms with Crippen molar-refractivity contribution >= 4 is 38.9 Å². The number of halogens is 1. The molecule has 0 aliphatic carbocycles. The van der Waals surface area contributed by atoms with E-state index in [0.717, 1.165) is 21.5 Å². The van der Waals surface area contributed by atoms with Gasteiger partial charge in [-0.2, -0.15) is 0 Å². The quantitative estimate of drug-likeness (QED) is 0.640. The number of rotatable bonds is 5. The standard InChI is InChI=1S/C20H18BrN3O/c1-2-24(17-8-4-3-5-9-17)20(25)15-12-16(14-22-13-15)23-19-11-7-6-10-18(19)21/h3-14,23H,2H2,1H3. The topological polar surface area (TPSA) is 45.2 Å². The Bertz CT molecular complexity index is 868. The Labute approximate surface area is 155 Å². The van der Waals surface area contributed by atoms with Crippen LogP contribution in [0.4, 0.5) is 17.1 Å². The summed E-state index contributed by atoms with van der Waals surface area (Å²) in [5, 5.41) is 3.28. The Kier molecular flexibility index (Phi) is 5.46. The van der Waals surface area contributed by atoms with Crippen molar-refractivity contribution in [3.05, 3.63) is 83.1 Å². The van der Waals surface area contributed by atoms with Gasteiger partial charge >= 0.3 is 0 Å². The van der Waals surface area contributed by atoms with Crippen LogP contribution < -0.4 is 10.2 Å². The van der Waals surface area contributed by atoms with Gasteiger partial charge in [0.2, 0.25) is 0 Å². The summed E-state index contributed by atoms with van der Waals surface area (Å²) in [4.78, 5) is 18.8. The lowest BCUT2D eigenvalue weighted by atomic mass is 10.2. The van der Waals surface area contributed by atoms with E-state index < -0.39 is 0 Å². The van der Waals surface area contributed by atoms with Gasteiger partial charge in [-0.1, -0.05) is 30.3 Å². The molecule has 0 unspecified atom stereocenters. The van der Waals surface area contributed by atoms with Crippen LogP contribution in [-0.2, 0) is 0 Å². The summed E-state index contributed by atoms with van der Waals surface area (Å²) in [7, 11) is 0. The first-order valence-electron chi connectivity index (χ1n) is 8.02. The fraction of sp³-hybridized carbons (Fsp3) is 0.100. The van der Waals surface area contributed by atoms with Crippen molar-refractivity contribution in [2.45, 2.75) is 6.92 Å². The molecule has 0 spiro atoms. The fourth-order valence-electron chi connectivity index (χ4n) is 2.55. The Morgan fingerprint density at radius 1 is 1.08 bits per heavy atom. The first-order chi connectivity index (χ1) is 12.2. The molecular weight excluding hydrogens is 378 g/mol. The van der Waals surface area contributed by atoms with Gasteiger partial charge < -0.3 is 10.2 Å². The third-order valence-corrected chi connectivity index (χ3v) is 4.46. The predicted molar refractivity (Wildman–Crippen MR) is 105 cm³/mol. The maximum atomic E-state index is 12.9. The van der Waals surface area contributed by atoms with E-state index in [1.807, 2.05) is 67.6 Å². The van der Waals surface area contributed by atoms with Crippen molar-refractivity contribution in [3.63, 3.8) is 0 Å². The molecule has 0 radical (unpaired) electrons. The van der Waals surface area contributed by atoms with E-state index in [2.05, 4.69) is 26.2 Å². The monoisotopic (exact) mass is 395 g/mol. The third kappa shape index (κ3) is 4.06. The summed E-state index contributed by atoms with van der Waals surface area (Å²) < 4.78 is 0.950. The number of aromatic nitrogens is 1. The largest absolute Gasteiger partial charge is 0.353 e. The average molecular weight is 396 g/mol. The van der Waals surface area contributed by atoms with E-state index >= 15 is 0 Å². The Hall–Kier alpha value is -2.66. The maximum Gasteiger partial charge on any atom is 0.259 e. The zero-order chi connectivity index (χ0) is 17.6. The predicted octanol–water partition coefficient (Wildman–Crippen LogP) is 5.25. The molecule has 1 aromatic heterocycles. The summed E-state index contributed by atoms with van der Waals surface area (Å²) in [6.07, 6.45) is 3.30. The molecule has 3 rings (SSSR count). The number of carbonyl (C=O) groups excluding carboxylic acids is 1. The summed E-state index contributed by atoms with van der Waals surface area (Å²) in [5.74, 6) is -0.0722. The van der Waals surface area contributed by atoms with Gasteiger partial charge in [0.15, 0.2) is 0 Å². The second-order valence-corrected chi connectivity index (χ2v) is 6.31. The van der Waals surface area contributed by atoms with Gasteiger partial charge in [0.1, 0.15) is 0 Å². The van der Waals surface area contributed by atoms with Crippen molar-refractivity contribution in [3.8, 4) is 0 Å². The van der Waals surface area contributed by atoms with Crippen LogP contribution >= 0.6 is 15.9 Å². The van der Waals surface area contributed by atoms with Gasteiger partial charge in [0.05, 0.1) is 23.1 Å². The Balaban J connectivity index is 1.85. The summed E-state index contributed by atoms with van der Waals surface area (Å²) in [5.41, 5.74) is 3.10. The summed E-state index contributed by atoms with van der Waals surface area (Å²) >= 11 is 3.51. The van der Waals surface area contributed by atoms with Crippen molar-refractivity contribution in [1.29, 1.82) is 0 Å². The molecule has 1 N–H and O–H groups in total. The van der Waals surface area contributed by atoms with Crippen LogP contribution in [0.2, 0.25) is 0 Å². The first kappa shape index (κ1) is 17.2. The molecular formula is C20H18BrN3O. The molecule has 3 aromatic rings. The molecule has 1 heterocycles. The molecule has 0 bridgehead atoms. The molecule has 0 saturated carbocycles. The van der Waals surface area contributed by atoms with Gasteiger partial charge in [-0.25, -0.2) is 0 Å². The smallest absolute Gasteiger partial charge is 0.259 e. The van der Waals surface area contributed by atoms with E-state index in [1.54, 1.807) is 17.3 Å². The van der Waals surface area contributed by atoms with Gasteiger partial charge in [0, 0.05) is 22.9 Å². The third-order valence-electron chi connectivity index (χ3n) is 3.77. The van der Waals surface area contributed by atoms with Crippen molar-refractivity contribution in [1.82, 2.24) is 4.98 Å². The molecule has 126 valence electrons. The van der Waals surface area contributed by atoms with E-state index in [4.69, 9.17) is 0 Å². The number of para-hydroxylation sites is 2. The highest BCUT2D eigenvalue weighted by Crippen LogP contribution is 2.26. The minimum Gasteiger partial charge on any atom is -0.353 e. The zero-order valence-electron chi connectivity index (χ0n) is 13.8. The fourth-order valence-corrected chi connectivity index (χ4v) is 2.93. The molecule has 0 atom stereocenters. The normalized spacial score (nSPS) is 10.3. The van der Waals surface area contributed by atoms with Crippen LogP contribution in [-0.4, -0.2) is 17.4 Å². The highest BCUT2D eigenvalue weighted by atomic mass is 79.9. The minimum absolute atomic E-state index is 0.0722. The highest BCUT2D eigenvalue weighted by Gasteiger charge is 2.16. The number of benzene rings is 2. The van der Waals surface area contributed by atoms with Crippen LogP contribution in [0.15, 0.2) is 77.5 Å². The van der Waals surface area contributed by atoms with E-state index in [1.165, 1.54) is 0 Å². The molecule has 2 aromatic carbocycles. The number of carbonyl (C=O) groups is 1. The van der Waals surface area contributed by atoms with Crippen molar-refractivity contribution in [2.24, 2.45) is 0 Å². The molecule has 25 heavy (non-hydrogen) atoms. The van der Waals surface area contributed by atoms with Crippen LogP contribution in [0.3, 0.4) is 0 Å². The Morgan fingerprint density at radius 3 is 2.52 bits per heavy atom. The molecule has 0 aliphatic heterocycles. The molecule has 0 fully saturated rings. The number of hydrogen-bond donors (Lipinski definition) is 1. The van der Waals surface area contributed by atoms with Crippen molar-refractivity contribution in [2.75, 3.05) is 16.8 Å². The second-order valence-electron chi connectivity index (χ2n) is 5.45. The first-order valence-corrected chi connectivity index (χ1v) is 8.82. The summed E-state index contributed by atoms with van der Waals surface area (Å²) in [6.45, 7) is 2.55. The SMILES string of the molecule is CCN(C(=O)c1cncc(Nc2ccccc2Br)c1)c1ccccc1. The number of anilines is 3. The van der Waals surface area contributed by atoms with Crippen LogP contribution in [0.5, 0.6) is 0 Å². The number of nitrogens with one attached hydrogen (secondary N) is 1. The molecule has 0 saturated heterocycles. The lowest BCUT2D eigenvalue weighted by molar-refractivity contribution is 0.0988. The second kappa shape index (κ2) is 7.94. The van der Waals surface area contributed by atoms with Gasteiger partial charge in [0.25, 0.3) is 5.91 Å². The van der Waals surface area contributed by atoms with Crippen LogP contribution in [0.25, 0.3) is 0 Å². The number of nitrogens with zero attached hydrogens (tertiary/aromatic N) is 2. The number of hydrogen-bond acceptors (Lipinski definition) is 3. The Morgan fingerprint density at radius 2 is 1.80 bits per heavy atom. The van der Waals surface area contributed by atoms with E-state index in [0.29, 0.717) is 12.1 Å². The average Bonchev–Trinajstić information content (AvgIpc) is 2.65. The molecule has 1 amide bonds. The lowest BCUT2D eigenvalue weighted by Gasteiger charge is -2.21. The van der Waals surface area contributed by atoms with E-state index in [9.17, 15) is 4.79 Å². The summed E-state index contributed by atoms with van der Waals surface area (Å²) in [6, 6.07) is 19.3. The molecule has 4 nitrogen and oxygen atoms in total. The zero-order valence-corrected chi connectivity index (χ0v) is 15.4. The lowest BCUT2D eigenvalue weighted by Crippen LogP contribution is -2.30. The number of pyridine rings is 1. The van der Waals surface area contributed by atoms with E-state index in [-0.39, 0.29) is 5.91 Å². The maximum absolute atomic E-state index is 12.9. The van der Waals surface area contributed by atoms with Crippen molar-refractivity contribution < 1.29 is 4.79 Å².